The van der Waals surface area contributed by atoms with Crippen molar-refractivity contribution < 1.29 is 4.74 Å². The predicted octanol–water partition coefficient (Wildman–Crippen LogP) is 2.99. The molecule has 138 valence electrons. The van der Waals surface area contributed by atoms with Crippen LogP contribution in [0.1, 0.15) is 32.1 Å². The summed E-state index contributed by atoms with van der Waals surface area (Å²) in [7, 11) is 1.67. The van der Waals surface area contributed by atoms with Gasteiger partial charge in [-0.25, -0.2) is 4.68 Å². The molecule has 2 heterocycles. The molecule has 0 amide bonds. The van der Waals surface area contributed by atoms with Crippen LogP contribution in [0, 0.1) is 11.8 Å². The lowest BCUT2D eigenvalue weighted by atomic mass is 9.89. The van der Waals surface area contributed by atoms with Gasteiger partial charge < -0.3 is 10.1 Å². The Bertz CT molecular complexity index is 790. The van der Waals surface area contributed by atoms with Crippen molar-refractivity contribution >= 4 is 0 Å². The Morgan fingerprint density at radius 3 is 2.50 bits per heavy atom. The van der Waals surface area contributed by atoms with Gasteiger partial charge in [-0.1, -0.05) is 12.8 Å². The highest BCUT2D eigenvalue weighted by atomic mass is 16.5. The van der Waals surface area contributed by atoms with Crippen LogP contribution in [-0.2, 0) is 7.05 Å². The Morgan fingerprint density at radius 2 is 1.85 bits per heavy atom. The summed E-state index contributed by atoms with van der Waals surface area (Å²) in [5, 5.41) is 7.76. The number of piperidine rings is 1. The second-order valence-electron chi connectivity index (χ2n) is 7.63. The van der Waals surface area contributed by atoms with Crippen molar-refractivity contribution in [3.63, 3.8) is 0 Å². The number of nitrogens with zero attached hydrogens (tertiary/aromatic N) is 2. The van der Waals surface area contributed by atoms with Crippen molar-refractivity contribution in [1.29, 1.82) is 0 Å². The molecule has 0 spiro atoms. The summed E-state index contributed by atoms with van der Waals surface area (Å²) in [6, 6.07) is 11.4. The smallest absolute Gasteiger partial charge is 0.266 e. The monoisotopic (exact) mass is 353 g/mol. The number of benzene rings is 1. The van der Waals surface area contributed by atoms with E-state index in [0.717, 1.165) is 36.0 Å². The lowest BCUT2D eigenvalue weighted by Gasteiger charge is -2.31. The summed E-state index contributed by atoms with van der Waals surface area (Å²) in [5.74, 6) is 2.45. The first kappa shape index (κ1) is 17.3. The molecule has 1 aromatic heterocycles. The van der Waals surface area contributed by atoms with E-state index < -0.39 is 0 Å². The van der Waals surface area contributed by atoms with Gasteiger partial charge in [-0.3, -0.25) is 4.79 Å². The molecule has 2 fully saturated rings. The van der Waals surface area contributed by atoms with Crippen molar-refractivity contribution in [3.8, 4) is 17.0 Å². The molecule has 1 unspecified atom stereocenters. The first-order valence-corrected chi connectivity index (χ1v) is 9.71. The zero-order chi connectivity index (χ0) is 17.9. The highest BCUT2D eigenvalue weighted by Gasteiger charge is 2.32. The SMILES string of the molecule is Cn1nc(-c2ccc(OC(CC3CC3)C3CCNCC3)cc2)ccc1=O. The van der Waals surface area contributed by atoms with Gasteiger partial charge in [-0.15, -0.1) is 0 Å². The van der Waals surface area contributed by atoms with Crippen LogP contribution in [0.5, 0.6) is 5.75 Å². The van der Waals surface area contributed by atoms with Crippen molar-refractivity contribution in [2.45, 2.75) is 38.2 Å². The van der Waals surface area contributed by atoms with Crippen LogP contribution in [-0.4, -0.2) is 29.0 Å². The van der Waals surface area contributed by atoms with Gasteiger partial charge in [0.2, 0.25) is 0 Å². The van der Waals surface area contributed by atoms with Crippen LogP contribution >= 0.6 is 0 Å². The van der Waals surface area contributed by atoms with Gasteiger partial charge in [0.1, 0.15) is 11.9 Å². The number of ether oxygens (including phenoxy) is 1. The molecule has 4 rings (SSSR count). The van der Waals surface area contributed by atoms with Gasteiger partial charge in [0.25, 0.3) is 5.56 Å². The normalized spacial score (nSPS) is 19.3. The fourth-order valence-corrected chi connectivity index (χ4v) is 3.77. The topological polar surface area (TPSA) is 56.1 Å². The number of hydrogen-bond acceptors (Lipinski definition) is 4. The maximum Gasteiger partial charge on any atom is 0.266 e. The van der Waals surface area contributed by atoms with E-state index in [1.54, 1.807) is 19.2 Å². The van der Waals surface area contributed by atoms with E-state index in [1.165, 1.54) is 36.8 Å². The van der Waals surface area contributed by atoms with Crippen LogP contribution in [0.25, 0.3) is 11.3 Å². The number of nitrogens with one attached hydrogen (secondary N) is 1. The van der Waals surface area contributed by atoms with Crippen molar-refractivity contribution in [3.05, 3.63) is 46.8 Å². The average molecular weight is 353 g/mol. The molecule has 5 heteroatoms. The Labute approximate surface area is 154 Å². The third-order valence-corrected chi connectivity index (χ3v) is 5.57. The zero-order valence-electron chi connectivity index (χ0n) is 15.4. The molecular formula is C21H27N3O2. The minimum absolute atomic E-state index is 0.0985. The van der Waals surface area contributed by atoms with Gasteiger partial charge in [0.15, 0.2) is 0 Å². The molecule has 2 aromatic rings. The largest absolute Gasteiger partial charge is 0.490 e. The molecule has 1 atom stereocenters. The van der Waals surface area contributed by atoms with E-state index in [9.17, 15) is 4.79 Å². The zero-order valence-corrected chi connectivity index (χ0v) is 15.4. The Morgan fingerprint density at radius 1 is 1.12 bits per heavy atom. The minimum atomic E-state index is -0.0985. The molecule has 5 nitrogen and oxygen atoms in total. The van der Waals surface area contributed by atoms with Crippen LogP contribution in [0.2, 0.25) is 0 Å². The molecule has 2 aliphatic rings. The molecule has 26 heavy (non-hydrogen) atoms. The van der Waals surface area contributed by atoms with Gasteiger partial charge in [-0.2, -0.15) is 5.10 Å². The van der Waals surface area contributed by atoms with Crippen molar-refractivity contribution in [1.82, 2.24) is 15.1 Å². The summed E-state index contributed by atoms with van der Waals surface area (Å²) in [6.45, 7) is 2.21. The molecule has 1 aliphatic heterocycles. The van der Waals surface area contributed by atoms with Gasteiger partial charge >= 0.3 is 0 Å². The van der Waals surface area contributed by atoms with Crippen LogP contribution in [0.4, 0.5) is 0 Å². The van der Waals surface area contributed by atoms with Crippen molar-refractivity contribution in [2.24, 2.45) is 18.9 Å². The molecule has 0 bridgehead atoms. The van der Waals surface area contributed by atoms with Crippen LogP contribution in [0.3, 0.4) is 0 Å². The van der Waals surface area contributed by atoms with E-state index >= 15 is 0 Å². The minimum Gasteiger partial charge on any atom is -0.490 e. The summed E-state index contributed by atoms with van der Waals surface area (Å²) in [6.07, 6.45) is 6.65. The lowest BCUT2D eigenvalue weighted by molar-refractivity contribution is 0.0985. The van der Waals surface area contributed by atoms with E-state index in [4.69, 9.17) is 4.74 Å². The van der Waals surface area contributed by atoms with Gasteiger partial charge in [0.05, 0.1) is 5.69 Å². The molecular weight excluding hydrogens is 326 g/mol. The molecule has 1 aromatic carbocycles. The van der Waals surface area contributed by atoms with Gasteiger partial charge in [-0.05, 0) is 74.5 Å². The molecule has 1 aliphatic carbocycles. The number of rotatable bonds is 6. The van der Waals surface area contributed by atoms with Crippen LogP contribution < -0.4 is 15.6 Å². The second-order valence-corrected chi connectivity index (χ2v) is 7.63. The first-order valence-electron chi connectivity index (χ1n) is 9.71. The Hall–Kier alpha value is -2.14. The molecule has 1 N–H and O–H groups in total. The third kappa shape index (κ3) is 4.15. The predicted molar refractivity (Wildman–Crippen MR) is 102 cm³/mol. The number of hydrogen-bond donors (Lipinski definition) is 1. The number of aromatic nitrogens is 2. The van der Waals surface area contributed by atoms with E-state index in [1.807, 2.05) is 24.3 Å². The summed E-state index contributed by atoms with van der Waals surface area (Å²) in [4.78, 5) is 11.5. The molecule has 1 saturated carbocycles. The summed E-state index contributed by atoms with van der Waals surface area (Å²) >= 11 is 0. The standard InChI is InChI=1S/C21H27N3O2/c1-24-21(25)9-8-19(23-24)16-4-6-18(7-5-16)26-20(14-15-2-3-15)17-10-12-22-13-11-17/h4-9,15,17,20,22H,2-3,10-14H2,1H3. The number of aryl methyl sites for hydroxylation is 1. The van der Waals surface area contributed by atoms with Crippen LogP contribution in [0.15, 0.2) is 41.2 Å². The Balaban J connectivity index is 1.47. The first-order chi connectivity index (χ1) is 12.7. The third-order valence-electron chi connectivity index (χ3n) is 5.57. The maximum atomic E-state index is 11.5. The highest BCUT2D eigenvalue weighted by Crippen LogP contribution is 2.38. The van der Waals surface area contributed by atoms with Gasteiger partial charge in [0, 0.05) is 18.7 Å². The fraction of sp³-hybridized carbons (Fsp3) is 0.524. The quantitative estimate of drug-likeness (QED) is 0.867. The summed E-state index contributed by atoms with van der Waals surface area (Å²) < 4.78 is 7.80. The molecule has 1 saturated heterocycles. The molecule has 0 radical (unpaired) electrons. The maximum absolute atomic E-state index is 11.5. The van der Waals surface area contributed by atoms with E-state index in [2.05, 4.69) is 10.4 Å². The van der Waals surface area contributed by atoms with E-state index in [-0.39, 0.29) is 5.56 Å². The highest BCUT2D eigenvalue weighted by molar-refractivity contribution is 5.59. The Kier molecular flexibility index (Phi) is 5.07. The average Bonchev–Trinajstić information content (AvgIpc) is 3.49. The van der Waals surface area contributed by atoms with Crippen molar-refractivity contribution in [2.75, 3.05) is 13.1 Å². The fourth-order valence-electron chi connectivity index (χ4n) is 3.77. The lowest BCUT2D eigenvalue weighted by Crippen LogP contribution is -2.37. The summed E-state index contributed by atoms with van der Waals surface area (Å²) in [5.41, 5.74) is 1.69. The second kappa shape index (κ2) is 7.62. The van der Waals surface area contributed by atoms with E-state index in [0.29, 0.717) is 12.0 Å².